The van der Waals surface area contributed by atoms with Crippen LogP contribution in [0.2, 0.25) is 0 Å². The van der Waals surface area contributed by atoms with Gasteiger partial charge in [-0.1, -0.05) is 36.4 Å². The topological polar surface area (TPSA) is 92.7 Å². The first-order chi connectivity index (χ1) is 11.5. The predicted molar refractivity (Wildman–Crippen MR) is 88.1 cm³/mol. The molecular formula is C18H17NO5. The van der Waals surface area contributed by atoms with Crippen molar-refractivity contribution in [3.8, 4) is 5.75 Å². The smallest absolute Gasteiger partial charge is 0.341 e. The van der Waals surface area contributed by atoms with Gasteiger partial charge < -0.3 is 15.2 Å². The van der Waals surface area contributed by atoms with Gasteiger partial charge in [-0.3, -0.25) is 9.59 Å². The van der Waals surface area contributed by atoms with Gasteiger partial charge in [-0.05, 0) is 12.1 Å². The van der Waals surface area contributed by atoms with Gasteiger partial charge in [0.2, 0.25) is 5.91 Å². The maximum atomic E-state index is 12.0. The van der Waals surface area contributed by atoms with Crippen LogP contribution in [0.3, 0.4) is 0 Å². The minimum absolute atomic E-state index is 0.0321. The third-order valence-corrected chi connectivity index (χ3v) is 3.39. The molecule has 1 amide bonds. The molecule has 0 aromatic heterocycles. The monoisotopic (exact) mass is 327 g/mol. The van der Waals surface area contributed by atoms with Gasteiger partial charge in [0, 0.05) is 18.4 Å². The highest BCUT2D eigenvalue weighted by atomic mass is 16.5. The fraction of sp³-hybridized carbons (Fsp3) is 0.167. The number of para-hydroxylation sites is 1. The fourth-order valence-corrected chi connectivity index (χ4v) is 2.13. The number of hydrogen-bond donors (Lipinski definition) is 2. The van der Waals surface area contributed by atoms with Crippen molar-refractivity contribution in [2.24, 2.45) is 0 Å². The van der Waals surface area contributed by atoms with Crippen molar-refractivity contribution in [1.29, 1.82) is 0 Å². The molecule has 2 rings (SSSR count). The van der Waals surface area contributed by atoms with Crippen molar-refractivity contribution in [3.05, 3.63) is 59.7 Å². The molecule has 0 radical (unpaired) electrons. The maximum absolute atomic E-state index is 12.0. The van der Waals surface area contributed by atoms with E-state index in [2.05, 4.69) is 10.1 Å². The Morgan fingerprint density at radius 3 is 2.38 bits per heavy atom. The number of esters is 1. The molecule has 0 heterocycles. The minimum Gasteiger partial charge on any atom is -0.505 e. The number of nitrogens with one attached hydrogen (secondary N) is 1. The summed E-state index contributed by atoms with van der Waals surface area (Å²) >= 11 is 0. The summed E-state index contributed by atoms with van der Waals surface area (Å²) in [6.07, 6.45) is 0.0168. The van der Waals surface area contributed by atoms with Gasteiger partial charge in [-0.2, -0.15) is 0 Å². The second-order valence-corrected chi connectivity index (χ2v) is 5.03. The average Bonchev–Trinajstić information content (AvgIpc) is 2.61. The zero-order valence-corrected chi connectivity index (χ0v) is 13.1. The van der Waals surface area contributed by atoms with E-state index in [1.165, 1.54) is 25.3 Å². The second kappa shape index (κ2) is 7.92. The number of phenols is 1. The summed E-state index contributed by atoms with van der Waals surface area (Å²) in [6, 6.07) is 13.0. The van der Waals surface area contributed by atoms with Gasteiger partial charge in [0.15, 0.2) is 11.5 Å². The molecule has 6 nitrogen and oxygen atoms in total. The summed E-state index contributed by atoms with van der Waals surface area (Å²) < 4.78 is 4.55. The SMILES string of the molecule is COC(=O)c1cccc(NC(=O)CCC(=O)c2ccccc2)c1O. The number of aromatic hydroxyl groups is 1. The minimum atomic E-state index is -0.706. The molecule has 0 unspecified atom stereocenters. The molecular weight excluding hydrogens is 310 g/mol. The molecule has 2 N–H and O–H groups in total. The number of carbonyl (C=O) groups is 3. The number of hydrogen-bond acceptors (Lipinski definition) is 5. The van der Waals surface area contributed by atoms with Crippen LogP contribution < -0.4 is 5.32 Å². The van der Waals surface area contributed by atoms with Crippen LogP contribution in [-0.2, 0) is 9.53 Å². The Morgan fingerprint density at radius 1 is 1.00 bits per heavy atom. The molecule has 0 saturated heterocycles. The summed E-state index contributed by atoms with van der Waals surface area (Å²) in [7, 11) is 1.20. The highest BCUT2D eigenvalue weighted by Gasteiger charge is 2.16. The summed E-state index contributed by atoms with van der Waals surface area (Å²) in [5, 5.41) is 12.5. The predicted octanol–water partition coefficient (Wildman–Crippen LogP) is 2.78. The lowest BCUT2D eigenvalue weighted by Gasteiger charge is -2.10. The van der Waals surface area contributed by atoms with Crippen LogP contribution in [0.1, 0.15) is 33.6 Å². The van der Waals surface area contributed by atoms with Crippen molar-refractivity contribution in [2.45, 2.75) is 12.8 Å². The number of rotatable bonds is 6. The van der Waals surface area contributed by atoms with E-state index in [4.69, 9.17) is 0 Å². The Bertz CT molecular complexity index is 755. The summed E-state index contributed by atoms with van der Waals surface area (Å²) in [6.45, 7) is 0. The average molecular weight is 327 g/mol. The van der Waals surface area contributed by atoms with Crippen molar-refractivity contribution in [1.82, 2.24) is 0 Å². The molecule has 124 valence electrons. The van der Waals surface area contributed by atoms with Crippen LogP contribution in [0.4, 0.5) is 5.69 Å². The summed E-state index contributed by atoms with van der Waals surface area (Å²) in [5.41, 5.74) is 0.589. The third kappa shape index (κ3) is 4.19. The molecule has 0 aliphatic heterocycles. The number of anilines is 1. The van der Waals surface area contributed by atoms with Crippen molar-refractivity contribution in [3.63, 3.8) is 0 Å². The molecule has 6 heteroatoms. The number of ether oxygens (including phenoxy) is 1. The van der Waals surface area contributed by atoms with Gasteiger partial charge in [0.1, 0.15) is 5.56 Å². The number of phenolic OH excluding ortho intramolecular Hbond substituents is 1. The Kier molecular flexibility index (Phi) is 5.68. The Hall–Kier alpha value is -3.15. The molecule has 0 atom stereocenters. The number of benzene rings is 2. The third-order valence-electron chi connectivity index (χ3n) is 3.39. The van der Waals surface area contributed by atoms with Crippen LogP contribution in [0.25, 0.3) is 0 Å². The molecule has 24 heavy (non-hydrogen) atoms. The van der Waals surface area contributed by atoms with E-state index in [9.17, 15) is 19.5 Å². The molecule has 0 spiro atoms. The van der Waals surface area contributed by atoms with Gasteiger partial charge in [-0.15, -0.1) is 0 Å². The van der Waals surface area contributed by atoms with Gasteiger partial charge in [-0.25, -0.2) is 4.79 Å². The standard InChI is InChI=1S/C18H17NO5/c1-24-18(23)13-8-5-9-14(17(13)22)19-16(21)11-10-15(20)12-6-3-2-4-7-12/h2-9,22H,10-11H2,1H3,(H,19,21). The number of carbonyl (C=O) groups excluding carboxylic acids is 3. The van der Waals surface area contributed by atoms with E-state index in [-0.39, 0.29) is 35.6 Å². The van der Waals surface area contributed by atoms with Crippen molar-refractivity contribution < 1.29 is 24.2 Å². The zero-order valence-electron chi connectivity index (χ0n) is 13.1. The fourth-order valence-electron chi connectivity index (χ4n) is 2.13. The molecule has 0 aliphatic rings. The lowest BCUT2D eigenvalue weighted by atomic mass is 10.1. The Morgan fingerprint density at radius 2 is 1.71 bits per heavy atom. The quantitative estimate of drug-likeness (QED) is 0.483. The van der Waals surface area contributed by atoms with E-state index in [0.717, 1.165) is 0 Å². The zero-order chi connectivity index (χ0) is 17.5. The lowest BCUT2D eigenvalue weighted by Crippen LogP contribution is -2.14. The Labute approximate surface area is 139 Å². The van der Waals surface area contributed by atoms with Crippen molar-refractivity contribution >= 4 is 23.3 Å². The first-order valence-electron chi connectivity index (χ1n) is 7.31. The lowest BCUT2D eigenvalue weighted by molar-refractivity contribution is -0.116. The second-order valence-electron chi connectivity index (χ2n) is 5.03. The van der Waals surface area contributed by atoms with E-state index in [1.54, 1.807) is 30.3 Å². The Balaban J connectivity index is 1.98. The van der Waals surface area contributed by atoms with Crippen molar-refractivity contribution in [2.75, 3.05) is 12.4 Å². The van der Waals surface area contributed by atoms with E-state index in [0.29, 0.717) is 5.56 Å². The summed E-state index contributed by atoms with van der Waals surface area (Å²) in [4.78, 5) is 35.4. The maximum Gasteiger partial charge on any atom is 0.341 e. The highest BCUT2D eigenvalue weighted by molar-refractivity contribution is 6.01. The highest BCUT2D eigenvalue weighted by Crippen LogP contribution is 2.28. The van der Waals surface area contributed by atoms with Crippen LogP contribution >= 0.6 is 0 Å². The van der Waals surface area contributed by atoms with E-state index in [1.807, 2.05) is 0 Å². The van der Waals surface area contributed by atoms with Crippen LogP contribution in [0.15, 0.2) is 48.5 Å². The normalized spacial score (nSPS) is 10.0. The van der Waals surface area contributed by atoms with Crippen LogP contribution in [0, 0.1) is 0 Å². The number of methoxy groups -OCH3 is 1. The number of Topliss-reactive ketones (excluding diaryl/α,β-unsaturated/α-hetero) is 1. The van der Waals surface area contributed by atoms with Crippen LogP contribution in [0.5, 0.6) is 5.75 Å². The molecule has 0 saturated carbocycles. The van der Waals surface area contributed by atoms with Gasteiger partial charge in [0.25, 0.3) is 0 Å². The summed E-state index contributed by atoms with van der Waals surface area (Å²) in [5.74, 6) is -1.65. The van der Waals surface area contributed by atoms with Crippen LogP contribution in [-0.4, -0.2) is 29.9 Å². The van der Waals surface area contributed by atoms with E-state index >= 15 is 0 Å². The molecule has 2 aromatic carbocycles. The van der Waals surface area contributed by atoms with Gasteiger partial charge >= 0.3 is 5.97 Å². The van der Waals surface area contributed by atoms with E-state index < -0.39 is 11.9 Å². The molecule has 0 aliphatic carbocycles. The largest absolute Gasteiger partial charge is 0.505 e. The first-order valence-corrected chi connectivity index (χ1v) is 7.31. The molecule has 0 fully saturated rings. The molecule has 0 bridgehead atoms. The number of ketones is 1. The first kappa shape index (κ1) is 17.2. The number of amides is 1. The van der Waals surface area contributed by atoms with Gasteiger partial charge in [0.05, 0.1) is 12.8 Å². The molecule has 2 aromatic rings.